The van der Waals surface area contributed by atoms with E-state index in [2.05, 4.69) is 15.6 Å². The van der Waals surface area contributed by atoms with E-state index in [0.29, 0.717) is 10.9 Å². The maximum absolute atomic E-state index is 11.8. The van der Waals surface area contributed by atoms with E-state index in [9.17, 15) is 14.4 Å². The Morgan fingerprint density at radius 1 is 1.24 bits per heavy atom. The molecule has 0 atom stereocenters. The van der Waals surface area contributed by atoms with Crippen molar-refractivity contribution in [2.45, 2.75) is 24.2 Å². The third kappa shape index (κ3) is 6.55. The second-order valence-corrected chi connectivity index (χ2v) is 7.44. The van der Waals surface area contributed by atoms with E-state index < -0.39 is 17.8 Å². The molecule has 0 fully saturated rings. The van der Waals surface area contributed by atoms with E-state index in [1.807, 2.05) is 30.3 Å². The Labute approximate surface area is 153 Å². The molecular weight excluding hydrogens is 360 g/mol. The number of rotatable bonds is 7. The Bertz CT molecular complexity index is 762. The molecule has 0 aliphatic rings. The first-order valence-corrected chi connectivity index (χ1v) is 9.23. The van der Waals surface area contributed by atoms with Crippen LogP contribution in [0.3, 0.4) is 0 Å². The number of carbonyl (C=O) groups excluding carboxylic acids is 3. The molecule has 9 heteroatoms. The lowest BCUT2D eigenvalue weighted by atomic mass is 10.2. The third-order valence-electron chi connectivity index (χ3n) is 3.08. The molecule has 0 spiro atoms. The summed E-state index contributed by atoms with van der Waals surface area (Å²) in [7, 11) is 0. The van der Waals surface area contributed by atoms with Crippen LogP contribution in [0.5, 0.6) is 0 Å². The quantitative estimate of drug-likeness (QED) is 0.633. The van der Waals surface area contributed by atoms with Crippen molar-refractivity contribution in [1.82, 2.24) is 15.6 Å². The number of nitrogens with one attached hydrogen (secondary N) is 2. The van der Waals surface area contributed by atoms with Crippen LogP contribution in [0.4, 0.5) is 4.79 Å². The fourth-order valence-corrected chi connectivity index (χ4v) is 3.94. The van der Waals surface area contributed by atoms with Gasteiger partial charge in [-0.2, -0.15) is 0 Å². The number of nitrogens with zero attached hydrogens (tertiary/aromatic N) is 1. The number of amides is 4. The predicted octanol–water partition coefficient (Wildman–Crippen LogP) is 1.60. The number of aryl methyl sites for hydroxylation is 1. The minimum absolute atomic E-state index is 0.0573. The summed E-state index contributed by atoms with van der Waals surface area (Å²) in [6, 6.07) is 8.86. The Morgan fingerprint density at radius 3 is 2.64 bits per heavy atom. The molecule has 132 valence electrons. The van der Waals surface area contributed by atoms with Gasteiger partial charge in [-0.25, -0.2) is 9.78 Å². The molecule has 0 radical (unpaired) electrons. The van der Waals surface area contributed by atoms with Gasteiger partial charge in [0.25, 0.3) is 0 Å². The average Bonchev–Trinajstić information content (AvgIpc) is 2.91. The lowest BCUT2D eigenvalue weighted by Crippen LogP contribution is -2.39. The third-order valence-corrected chi connectivity index (χ3v) is 5.38. The van der Waals surface area contributed by atoms with Crippen molar-refractivity contribution in [3.05, 3.63) is 46.5 Å². The zero-order valence-corrected chi connectivity index (χ0v) is 15.2. The van der Waals surface area contributed by atoms with Gasteiger partial charge in [-0.15, -0.1) is 11.3 Å². The number of nitrogens with two attached hydrogens (primary N) is 1. The molecule has 0 aliphatic carbocycles. The van der Waals surface area contributed by atoms with E-state index >= 15 is 0 Å². The molecule has 0 bridgehead atoms. The number of thiazole rings is 1. The van der Waals surface area contributed by atoms with Crippen molar-refractivity contribution in [1.29, 1.82) is 0 Å². The highest BCUT2D eigenvalue weighted by Gasteiger charge is 2.13. The molecular formula is C16H18N4O3S2. The highest BCUT2D eigenvalue weighted by Crippen LogP contribution is 2.27. The van der Waals surface area contributed by atoms with Crippen LogP contribution >= 0.6 is 23.1 Å². The van der Waals surface area contributed by atoms with Crippen molar-refractivity contribution in [2.75, 3.05) is 5.75 Å². The van der Waals surface area contributed by atoms with E-state index in [1.54, 1.807) is 6.92 Å². The molecule has 4 amide bonds. The van der Waals surface area contributed by atoms with E-state index in [1.165, 1.54) is 23.1 Å². The van der Waals surface area contributed by atoms with Crippen LogP contribution in [0.15, 0.2) is 34.7 Å². The maximum atomic E-state index is 11.8. The number of aromatic nitrogens is 1. The minimum Gasteiger partial charge on any atom is -0.369 e. The van der Waals surface area contributed by atoms with Gasteiger partial charge < -0.3 is 11.1 Å². The topological polar surface area (TPSA) is 114 Å². The smallest absolute Gasteiger partial charge is 0.321 e. The molecule has 25 heavy (non-hydrogen) atoms. The Morgan fingerprint density at radius 2 is 1.96 bits per heavy atom. The standard InChI is InChI=1S/C16H18N4O3S2/c1-10-12(7-13(17)21)25-16(19-10)24-9-14(22)20-15(23)18-8-11-5-3-2-4-6-11/h2-6H,7-9H2,1H3,(H2,17,21)(H2,18,20,22,23). The van der Waals surface area contributed by atoms with Crippen molar-refractivity contribution < 1.29 is 14.4 Å². The molecule has 1 aromatic heterocycles. The summed E-state index contributed by atoms with van der Waals surface area (Å²) in [5.41, 5.74) is 6.85. The number of benzene rings is 1. The van der Waals surface area contributed by atoms with Crippen molar-refractivity contribution >= 4 is 40.9 Å². The Balaban J connectivity index is 1.74. The van der Waals surface area contributed by atoms with Crippen LogP contribution in [0, 0.1) is 6.92 Å². The Kier molecular flexibility index (Phi) is 6.96. The number of hydrogen-bond donors (Lipinski definition) is 3. The van der Waals surface area contributed by atoms with Gasteiger partial charge in [-0.05, 0) is 12.5 Å². The van der Waals surface area contributed by atoms with Gasteiger partial charge in [0.1, 0.15) is 0 Å². The fourth-order valence-electron chi connectivity index (χ4n) is 1.90. The second kappa shape index (κ2) is 9.19. The SMILES string of the molecule is Cc1nc(SCC(=O)NC(=O)NCc2ccccc2)sc1CC(N)=O. The van der Waals surface area contributed by atoms with Gasteiger partial charge in [-0.3, -0.25) is 14.9 Å². The first-order chi connectivity index (χ1) is 11.9. The Hall–Kier alpha value is -2.39. The predicted molar refractivity (Wildman–Crippen MR) is 97.3 cm³/mol. The first kappa shape index (κ1) is 18.9. The minimum atomic E-state index is -0.542. The summed E-state index contributed by atoms with van der Waals surface area (Å²) in [5.74, 6) is -0.780. The molecule has 2 aromatic rings. The number of urea groups is 1. The molecule has 1 heterocycles. The van der Waals surface area contributed by atoms with Crippen LogP contribution in [0.2, 0.25) is 0 Å². The zero-order chi connectivity index (χ0) is 18.2. The first-order valence-electron chi connectivity index (χ1n) is 7.43. The number of hydrogen-bond acceptors (Lipinski definition) is 6. The lowest BCUT2D eigenvalue weighted by Gasteiger charge is -2.06. The molecule has 2 rings (SSSR count). The van der Waals surface area contributed by atoms with Gasteiger partial charge in [0.2, 0.25) is 11.8 Å². The van der Waals surface area contributed by atoms with E-state index in [0.717, 1.165) is 16.1 Å². The number of imide groups is 1. The van der Waals surface area contributed by atoms with Gasteiger partial charge in [-0.1, -0.05) is 42.1 Å². The van der Waals surface area contributed by atoms with E-state index in [-0.39, 0.29) is 12.2 Å². The van der Waals surface area contributed by atoms with Crippen LogP contribution < -0.4 is 16.4 Å². The van der Waals surface area contributed by atoms with E-state index in [4.69, 9.17) is 5.73 Å². The molecule has 4 N–H and O–H groups in total. The highest BCUT2D eigenvalue weighted by molar-refractivity contribution is 8.01. The summed E-state index contributed by atoms with van der Waals surface area (Å²) in [5, 5.41) is 4.89. The molecule has 1 aromatic carbocycles. The van der Waals surface area contributed by atoms with Crippen molar-refractivity contribution in [3.8, 4) is 0 Å². The molecule has 7 nitrogen and oxygen atoms in total. The monoisotopic (exact) mass is 378 g/mol. The summed E-state index contributed by atoms with van der Waals surface area (Å²) in [6.45, 7) is 2.13. The fraction of sp³-hybridized carbons (Fsp3) is 0.250. The van der Waals surface area contributed by atoms with Gasteiger partial charge in [0.15, 0.2) is 4.34 Å². The summed E-state index contributed by atoms with van der Waals surface area (Å²) in [4.78, 5) is 39.6. The summed E-state index contributed by atoms with van der Waals surface area (Å²) >= 11 is 2.54. The largest absolute Gasteiger partial charge is 0.369 e. The summed E-state index contributed by atoms with van der Waals surface area (Å²) in [6.07, 6.45) is 0.137. The molecule has 0 unspecified atom stereocenters. The maximum Gasteiger partial charge on any atom is 0.321 e. The van der Waals surface area contributed by atoms with Crippen molar-refractivity contribution in [2.24, 2.45) is 5.73 Å². The normalized spacial score (nSPS) is 10.3. The lowest BCUT2D eigenvalue weighted by molar-refractivity contribution is -0.118. The second-order valence-electron chi connectivity index (χ2n) is 5.14. The molecule has 0 saturated heterocycles. The average molecular weight is 378 g/mol. The number of thioether (sulfide) groups is 1. The highest BCUT2D eigenvalue weighted by atomic mass is 32.2. The van der Waals surface area contributed by atoms with Crippen LogP contribution in [-0.4, -0.2) is 28.6 Å². The van der Waals surface area contributed by atoms with Gasteiger partial charge in [0, 0.05) is 11.4 Å². The zero-order valence-electron chi connectivity index (χ0n) is 13.6. The molecule has 0 saturated carbocycles. The van der Waals surface area contributed by atoms with Gasteiger partial charge >= 0.3 is 6.03 Å². The summed E-state index contributed by atoms with van der Waals surface area (Å²) < 4.78 is 0.661. The van der Waals surface area contributed by atoms with Crippen LogP contribution in [0.25, 0.3) is 0 Å². The number of primary amides is 1. The van der Waals surface area contributed by atoms with Gasteiger partial charge in [0.05, 0.1) is 17.9 Å². The van der Waals surface area contributed by atoms with Crippen LogP contribution in [0.1, 0.15) is 16.1 Å². The molecule has 0 aliphatic heterocycles. The van der Waals surface area contributed by atoms with Crippen LogP contribution in [-0.2, 0) is 22.6 Å². The van der Waals surface area contributed by atoms with Crippen molar-refractivity contribution in [3.63, 3.8) is 0 Å². The number of carbonyl (C=O) groups is 3.